The van der Waals surface area contributed by atoms with Gasteiger partial charge in [0.15, 0.2) is 0 Å². The average Bonchev–Trinajstić information content (AvgIpc) is 2.30. The van der Waals surface area contributed by atoms with E-state index in [1.807, 2.05) is 0 Å². The van der Waals surface area contributed by atoms with Gasteiger partial charge < -0.3 is 4.90 Å². The quantitative estimate of drug-likeness (QED) is 0.762. The Bertz CT molecular complexity index is 289. The van der Waals surface area contributed by atoms with Crippen molar-refractivity contribution in [3.8, 4) is 0 Å². The van der Waals surface area contributed by atoms with E-state index in [-0.39, 0.29) is 0 Å². The van der Waals surface area contributed by atoms with Crippen molar-refractivity contribution in [2.45, 2.75) is 24.5 Å². The Labute approximate surface area is 108 Å². The number of anilines is 1. The number of alkyl halides is 2. The molecule has 0 atom stereocenters. The van der Waals surface area contributed by atoms with Crippen molar-refractivity contribution < 1.29 is 0 Å². The van der Waals surface area contributed by atoms with Crippen LogP contribution in [0.15, 0.2) is 12.1 Å². The summed E-state index contributed by atoms with van der Waals surface area (Å²) in [4.78, 5) is 6.83. The molecule has 1 aromatic rings. The molecule has 0 aliphatic heterocycles. The third-order valence-corrected chi connectivity index (χ3v) is 3.47. The van der Waals surface area contributed by atoms with Crippen molar-refractivity contribution in [2.75, 3.05) is 18.0 Å². The van der Waals surface area contributed by atoms with Gasteiger partial charge in [0.1, 0.15) is 0 Å². The maximum atomic E-state index is 4.50. The fourth-order valence-corrected chi connectivity index (χ4v) is 2.11. The molecule has 0 aromatic carbocycles. The molecule has 1 heterocycles. The summed E-state index contributed by atoms with van der Waals surface area (Å²) in [5.74, 6) is 0. The van der Waals surface area contributed by atoms with E-state index in [1.54, 1.807) is 0 Å². The van der Waals surface area contributed by atoms with Crippen LogP contribution in [-0.2, 0) is 10.7 Å². The molecule has 84 valence electrons. The summed E-state index contributed by atoms with van der Waals surface area (Å²) in [5.41, 5.74) is 3.45. The van der Waals surface area contributed by atoms with Crippen LogP contribution in [-0.4, -0.2) is 18.1 Å². The lowest BCUT2D eigenvalue weighted by molar-refractivity contribution is 0.860. The first kappa shape index (κ1) is 13.0. The normalized spacial score (nSPS) is 10.4. The number of nitrogens with zero attached hydrogens (tertiary/aromatic N) is 2. The zero-order valence-electron chi connectivity index (χ0n) is 9.13. The van der Waals surface area contributed by atoms with Crippen LogP contribution in [0.5, 0.6) is 0 Å². The van der Waals surface area contributed by atoms with Crippen molar-refractivity contribution in [3.05, 3.63) is 23.5 Å². The van der Waals surface area contributed by atoms with Crippen LogP contribution in [0, 0.1) is 0 Å². The lowest BCUT2D eigenvalue weighted by Gasteiger charge is -2.22. The van der Waals surface area contributed by atoms with Crippen LogP contribution in [0.25, 0.3) is 0 Å². The van der Waals surface area contributed by atoms with Gasteiger partial charge in [-0.05, 0) is 26.0 Å². The summed E-state index contributed by atoms with van der Waals surface area (Å²) in [6, 6.07) is 4.29. The van der Waals surface area contributed by atoms with Crippen LogP contribution in [0.1, 0.15) is 25.2 Å². The topological polar surface area (TPSA) is 16.1 Å². The van der Waals surface area contributed by atoms with Crippen molar-refractivity contribution in [2.24, 2.45) is 0 Å². The zero-order chi connectivity index (χ0) is 11.3. The highest BCUT2D eigenvalue weighted by Crippen LogP contribution is 2.19. The maximum Gasteiger partial charge on any atom is 0.0533 e. The molecule has 0 amide bonds. The minimum atomic E-state index is 0.808. The van der Waals surface area contributed by atoms with Gasteiger partial charge in [-0.15, -0.1) is 0 Å². The van der Waals surface area contributed by atoms with E-state index in [1.165, 1.54) is 5.69 Å². The number of halogens is 2. The Morgan fingerprint density at radius 2 is 1.53 bits per heavy atom. The first-order valence-corrected chi connectivity index (χ1v) is 7.36. The van der Waals surface area contributed by atoms with Gasteiger partial charge in [-0.3, -0.25) is 4.98 Å². The maximum absolute atomic E-state index is 4.50. The highest BCUT2D eigenvalue weighted by molar-refractivity contribution is 9.08. The van der Waals surface area contributed by atoms with Gasteiger partial charge in [0.2, 0.25) is 0 Å². The van der Waals surface area contributed by atoms with Gasteiger partial charge >= 0.3 is 0 Å². The molecule has 0 fully saturated rings. The molecular weight excluding hydrogens is 320 g/mol. The van der Waals surface area contributed by atoms with Crippen molar-refractivity contribution >= 4 is 37.5 Å². The molecule has 2 nitrogen and oxygen atoms in total. The number of aromatic nitrogens is 1. The van der Waals surface area contributed by atoms with E-state index in [9.17, 15) is 0 Å². The second-order valence-electron chi connectivity index (χ2n) is 3.25. The average molecular weight is 336 g/mol. The molecule has 0 N–H and O–H groups in total. The summed E-state index contributed by atoms with van der Waals surface area (Å²) in [6.45, 7) is 6.41. The van der Waals surface area contributed by atoms with Crippen LogP contribution in [0.3, 0.4) is 0 Å². The van der Waals surface area contributed by atoms with E-state index in [0.29, 0.717) is 0 Å². The molecule has 0 spiro atoms. The summed E-state index contributed by atoms with van der Waals surface area (Å²) >= 11 is 6.90. The predicted octanol–water partition coefficient (Wildman–Crippen LogP) is 3.72. The van der Waals surface area contributed by atoms with Gasteiger partial charge in [0.05, 0.1) is 11.4 Å². The van der Waals surface area contributed by atoms with E-state index in [2.05, 4.69) is 67.7 Å². The van der Waals surface area contributed by atoms with Gasteiger partial charge in [-0.2, -0.15) is 0 Å². The third-order valence-electron chi connectivity index (χ3n) is 2.32. The molecule has 0 saturated heterocycles. The SMILES string of the molecule is CCN(CC)c1cc(CBr)nc(CBr)c1. The Kier molecular flexibility index (Phi) is 5.61. The third kappa shape index (κ3) is 3.45. The van der Waals surface area contributed by atoms with Gasteiger partial charge in [0, 0.05) is 29.4 Å². The fraction of sp³-hybridized carbons (Fsp3) is 0.545. The van der Waals surface area contributed by atoms with E-state index >= 15 is 0 Å². The van der Waals surface area contributed by atoms with Crippen LogP contribution >= 0.6 is 31.9 Å². The Morgan fingerprint density at radius 1 is 1.07 bits per heavy atom. The second-order valence-corrected chi connectivity index (χ2v) is 4.37. The highest BCUT2D eigenvalue weighted by Gasteiger charge is 2.06. The Balaban J connectivity index is 3.05. The monoisotopic (exact) mass is 334 g/mol. The zero-order valence-corrected chi connectivity index (χ0v) is 12.3. The molecular formula is C11H16Br2N2. The first-order valence-electron chi connectivity index (χ1n) is 5.11. The summed E-state index contributed by atoms with van der Waals surface area (Å²) in [6.07, 6.45) is 0. The number of rotatable bonds is 5. The van der Waals surface area contributed by atoms with E-state index in [0.717, 1.165) is 35.1 Å². The van der Waals surface area contributed by atoms with Crippen molar-refractivity contribution in [3.63, 3.8) is 0 Å². The minimum Gasteiger partial charge on any atom is -0.372 e. The van der Waals surface area contributed by atoms with Gasteiger partial charge in [-0.1, -0.05) is 31.9 Å². The second kappa shape index (κ2) is 6.48. The predicted molar refractivity (Wildman–Crippen MR) is 73.1 cm³/mol. The molecule has 4 heteroatoms. The van der Waals surface area contributed by atoms with Crippen LogP contribution < -0.4 is 4.90 Å². The summed E-state index contributed by atoms with van der Waals surface area (Å²) in [7, 11) is 0. The lowest BCUT2D eigenvalue weighted by Crippen LogP contribution is -2.22. The number of pyridine rings is 1. The lowest BCUT2D eigenvalue weighted by atomic mass is 10.2. The molecule has 0 radical (unpaired) electrons. The summed E-state index contributed by atoms with van der Waals surface area (Å²) < 4.78 is 0. The molecule has 1 aromatic heterocycles. The summed E-state index contributed by atoms with van der Waals surface area (Å²) in [5, 5.41) is 1.62. The largest absolute Gasteiger partial charge is 0.372 e. The molecule has 0 aliphatic carbocycles. The number of hydrogen-bond acceptors (Lipinski definition) is 2. The van der Waals surface area contributed by atoms with Crippen LogP contribution in [0.2, 0.25) is 0 Å². The minimum absolute atomic E-state index is 0.808. The molecule has 15 heavy (non-hydrogen) atoms. The molecule has 0 aliphatic rings. The molecule has 0 unspecified atom stereocenters. The van der Waals surface area contributed by atoms with Gasteiger partial charge in [-0.25, -0.2) is 0 Å². The highest BCUT2D eigenvalue weighted by atomic mass is 79.9. The molecule has 0 saturated carbocycles. The van der Waals surface area contributed by atoms with Gasteiger partial charge in [0.25, 0.3) is 0 Å². The standard InChI is InChI=1S/C11H16Br2N2/c1-3-15(4-2)11-5-9(7-12)14-10(6-11)8-13/h5-6H,3-4,7-8H2,1-2H3. The first-order chi connectivity index (χ1) is 7.24. The van der Waals surface area contributed by atoms with Crippen LogP contribution in [0.4, 0.5) is 5.69 Å². The Hall–Kier alpha value is -0.0900. The molecule has 0 bridgehead atoms. The Morgan fingerprint density at radius 3 is 1.87 bits per heavy atom. The fourth-order valence-electron chi connectivity index (χ4n) is 1.54. The number of hydrogen-bond donors (Lipinski definition) is 0. The van der Waals surface area contributed by atoms with E-state index < -0.39 is 0 Å². The smallest absolute Gasteiger partial charge is 0.0533 e. The van der Waals surface area contributed by atoms with E-state index in [4.69, 9.17) is 0 Å². The van der Waals surface area contributed by atoms with Crippen molar-refractivity contribution in [1.82, 2.24) is 4.98 Å². The molecule has 1 rings (SSSR count). The van der Waals surface area contributed by atoms with Crippen molar-refractivity contribution in [1.29, 1.82) is 0 Å².